The summed E-state index contributed by atoms with van der Waals surface area (Å²) >= 11 is 0. The average molecular weight is 573 g/mol. The molecule has 9 nitrogen and oxygen atoms in total. The fourth-order valence-corrected chi connectivity index (χ4v) is 0.450. The van der Waals surface area contributed by atoms with Gasteiger partial charge in [-0.25, -0.2) is 0 Å². The molecule has 0 saturated heterocycles. The van der Waals surface area contributed by atoms with Crippen molar-refractivity contribution in [3.05, 3.63) is 0 Å². The Morgan fingerprint density at radius 2 is 1.25 bits per heavy atom. The number of carbonyl (C=O) groups excluding carboxylic acids is 3. The molecule has 0 aliphatic carbocycles. The average Bonchev–Trinajstić information content (AvgIpc) is 2.14. The SMILES string of the molecule is O=C([O-])CC(O)C(=O)[O-].O=C([O-])CCC(=O)O.[Ag+].[Ag+].[Ag+]. The van der Waals surface area contributed by atoms with Gasteiger partial charge in [-0.05, 0) is 6.42 Å². The van der Waals surface area contributed by atoms with E-state index in [1.165, 1.54) is 0 Å². The first-order valence-electron chi connectivity index (χ1n) is 4.17. The zero-order valence-electron chi connectivity index (χ0n) is 9.36. The third-order valence-electron chi connectivity index (χ3n) is 1.18. The summed E-state index contributed by atoms with van der Waals surface area (Å²) in [6.45, 7) is 0. The van der Waals surface area contributed by atoms with Gasteiger partial charge in [0.05, 0.1) is 18.5 Å². The first-order valence-corrected chi connectivity index (χ1v) is 4.17. The molecule has 20 heavy (non-hydrogen) atoms. The van der Waals surface area contributed by atoms with E-state index in [4.69, 9.17) is 10.2 Å². The van der Waals surface area contributed by atoms with E-state index in [0.29, 0.717) is 0 Å². The van der Waals surface area contributed by atoms with Gasteiger partial charge in [-0.15, -0.1) is 0 Å². The monoisotopic (exact) mass is 570 g/mol. The smallest absolute Gasteiger partial charge is 0.550 e. The van der Waals surface area contributed by atoms with Crippen LogP contribution in [0.4, 0.5) is 0 Å². The number of hydrogen-bond donors (Lipinski definition) is 2. The zero-order valence-corrected chi connectivity index (χ0v) is 13.8. The molecule has 12 heteroatoms. The van der Waals surface area contributed by atoms with Crippen molar-refractivity contribution in [1.82, 2.24) is 0 Å². The Hall–Kier alpha value is 0.0608. The van der Waals surface area contributed by atoms with E-state index in [9.17, 15) is 34.5 Å². The molecule has 0 aliphatic rings. The van der Waals surface area contributed by atoms with Crippen molar-refractivity contribution in [3.63, 3.8) is 0 Å². The summed E-state index contributed by atoms with van der Waals surface area (Å²) in [5.74, 6) is -5.87. The minimum atomic E-state index is -1.96. The maximum atomic E-state index is 9.61. The van der Waals surface area contributed by atoms with Crippen LogP contribution in [0.15, 0.2) is 0 Å². The number of aliphatic hydroxyl groups is 1. The van der Waals surface area contributed by atoms with Crippen molar-refractivity contribution in [1.29, 1.82) is 0 Å². The van der Waals surface area contributed by atoms with E-state index < -0.39 is 42.8 Å². The van der Waals surface area contributed by atoms with Crippen LogP contribution in [0.2, 0.25) is 0 Å². The van der Waals surface area contributed by atoms with Crippen molar-refractivity contribution in [2.75, 3.05) is 0 Å². The summed E-state index contributed by atoms with van der Waals surface area (Å²) in [5, 5.41) is 44.7. The van der Waals surface area contributed by atoms with Crippen LogP contribution in [0.3, 0.4) is 0 Å². The summed E-state index contributed by atoms with van der Waals surface area (Å²) in [5.41, 5.74) is 0. The van der Waals surface area contributed by atoms with Crippen molar-refractivity contribution in [2.45, 2.75) is 25.4 Å². The Morgan fingerprint density at radius 3 is 1.35 bits per heavy atom. The largest absolute Gasteiger partial charge is 1.00 e. The van der Waals surface area contributed by atoms with Crippen LogP contribution in [0.1, 0.15) is 19.3 Å². The Labute approximate surface area is 160 Å². The number of aliphatic carboxylic acids is 4. The maximum Gasteiger partial charge on any atom is 1.00 e. The molecular weight excluding hydrogens is 564 g/mol. The molecule has 0 aliphatic heterocycles. The van der Waals surface area contributed by atoms with Gasteiger partial charge in [0.1, 0.15) is 0 Å². The molecule has 0 bridgehead atoms. The van der Waals surface area contributed by atoms with Crippen LogP contribution in [-0.4, -0.2) is 40.2 Å². The minimum absolute atomic E-state index is 0. The quantitative estimate of drug-likeness (QED) is 0.295. The first-order chi connectivity index (χ1) is 7.66. The Kier molecular flexibility index (Phi) is 30.6. The molecule has 0 heterocycles. The Balaban J connectivity index is -0.0000000655. The van der Waals surface area contributed by atoms with Gasteiger partial charge in [0, 0.05) is 18.4 Å². The second-order valence-electron chi connectivity index (χ2n) is 2.68. The van der Waals surface area contributed by atoms with E-state index in [1.807, 2.05) is 0 Å². The predicted molar refractivity (Wildman–Crippen MR) is 42.5 cm³/mol. The van der Waals surface area contributed by atoms with Crippen molar-refractivity contribution in [3.8, 4) is 0 Å². The maximum absolute atomic E-state index is 9.61. The second kappa shape index (κ2) is 19.1. The molecule has 0 amide bonds. The number of aliphatic hydroxyl groups excluding tert-OH is 1. The molecule has 0 spiro atoms. The van der Waals surface area contributed by atoms with Gasteiger partial charge in [0.2, 0.25) is 0 Å². The standard InChI is InChI=1S/C4H6O5.C4H6O4.3Ag/c5-2(4(8)9)1-3(6)7;5-3(6)1-2-4(7)8;;;/h2,5H,1H2,(H,6,7)(H,8,9);1-2H2,(H,5,6)(H,7,8);;;/q;;3*+1/p-3. The van der Waals surface area contributed by atoms with E-state index in [2.05, 4.69) is 0 Å². The van der Waals surface area contributed by atoms with Crippen molar-refractivity contribution in [2.24, 2.45) is 0 Å². The molecule has 128 valence electrons. The van der Waals surface area contributed by atoms with Crippen LogP contribution in [-0.2, 0) is 86.3 Å². The zero-order chi connectivity index (χ0) is 14.0. The summed E-state index contributed by atoms with van der Waals surface area (Å²) in [6.07, 6.45) is -3.66. The fraction of sp³-hybridized carbons (Fsp3) is 0.500. The van der Waals surface area contributed by atoms with E-state index in [0.717, 1.165) is 0 Å². The van der Waals surface area contributed by atoms with E-state index >= 15 is 0 Å². The first kappa shape index (κ1) is 32.1. The van der Waals surface area contributed by atoms with Gasteiger partial charge < -0.3 is 39.9 Å². The van der Waals surface area contributed by atoms with Gasteiger partial charge in [-0.3, -0.25) is 4.79 Å². The fourth-order valence-electron chi connectivity index (χ4n) is 0.450. The molecule has 0 rings (SSSR count). The molecule has 0 aromatic rings. The van der Waals surface area contributed by atoms with Gasteiger partial charge >= 0.3 is 73.1 Å². The molecule has 0 aromatic heterocycles. The third kappa shape index (κ3) is 30.8. The number of carboxylic acid groups (broad SMARTS) is 4. The van der Waals surface area contributed by atoms with E-state index in [1.54, 1.807) is 0 Å². The van der Waals surface area contributed by atoms with Crippen molar-refractivity contribution >= 4 is 23.9 Å². The van der Waals surface area contributed by atoms with Crippen LogP contribution in [0, 0.1) is 0 Å². The van der Waals surface area contributed by atoms with Crippen molar-refractivity contribution < 1.29 is 112 Å². The summed E-state index contributed by atoms with van der Waals surface area (Å²) in [6, 6.07) is 0. The van der Waals surface area contributed by atoms with Gasteiger partial charge in [0.25, 0.3) is 0 Å². The summed E-state index contributed by atoms with van der Waals surface area (Å²) < 4.78 is 0. The van der Waals surface area contributed by atoms with Crippen LogP contribution in [0.5, 0.6) is 0 Å². The van der Waals surface area contributed by atoms with Gasteiger partial charge in [-0.1, -0.05) is 0 Å². The molecule has 1 unspecified atom stereocenters. The van der Waals surface area contributed by atoms with Gasteiger partial charge in [-0.2, -0.15) is 0 Å². The summed E-state index contributed by atoms with van der Waals surface area (Å²) in [4.78, 5) is 38.3. The molecule has 1 atom stereocenters. The molecule has 0 aromatic carbocycles. The van der Waals surface area contributed by atoms with Crippen LogP contribution >= 0.6 is 0 Å². The number of rotatable bonds is 6. The van der Waals surface area contributed by atoms with E-state index in [-0.39, 0.29) is 73.6 Å². The third-order valence-corrected chi connectivity index (χ3v) is 1.18. The molecule has 0 saturated carbocycles. The molecule has 0 fully saturated rings. The predicted octanol–water partition coefficient (Wildman–Crippen LogP) is -5.17. The normalized spacial score (nSPS) is 9.05. The topological polar surface area (TPSA) is 178 Å². The minimum Gasteiger partial charge on any atom is -0.550 e. The summed E-state index contributed by atoms with van der Waals surface area (Å²) in [7, 11) is 0. The number of hydrogen-bond acceptors (Lipinski definition) is 8. The Bertz CT molecular complexity index is 294. The molecule has 0 radical (unpaired) electrons. The van der Waals surface area contributed by atoms with Crippen LogP contribution < -0.4 is 15.3 Å². The van der Waals surface area contributed by atoms with Crippen LogP contribution in [0.25, 0.3) is 0 Å². The molecular formula is C8H9Ag3O9. The number of carbonyl (C=O) groups is 4. The Morgan fingerprint density at radius 1 is 0.850 bits per heavy atom. The molecule has 2 N–H and O–H groups in total. The van der Waals surface area contributed by atoms with Gasteiger partial charge in [0.15, 0.2) is 0 Å². The second-order valence-corrected chi connectivity index (χ2v) is 2.68. The number of carboxylic acids is 4.